The normalized spacial score (nSPS) is 24.2. The number of likely N-dealkylation sites (tertiary alicyclic amines) is 1. The zero-order valence-electron chi connectivity index (χ0n) is 10.7. The van der Waals surface area contributed by atoms with Crippen LogP contribution >= 0.6 is 0 Å². The molecule has 0 spiro atoms. The molecule has 0 aromatic heterocycles. The Bertz CT molecular complexity index is 328. The van der Waals surface area contributed by atoms with E-state index in [1.807, 2.05) is 4.90 Å². The third-order valence-electron chi connectivity index (χ3n) is 3.54. The van der Waals surface area contributed by atoms with Gasteiger partial charge in [-0.25, -0.2) is 0 Å². The van der Waals surface area contributed by atoms with Crippen molar-refractivity contribution >= 4 is 11.8 Å². The molecule has 0 atom stereocenters. The van der Waals surface area contributed by atoms with E-state index in [1.165, 1.54) is 0 Å². The Morgan fingerprint density at radius 1 is 1.41 bits per heavy atom. The molecule has 17 heavy (non-hydrogen) atoms. The van der Waals surface area contributed by atoms with E-state index in [9.17, 15) is 9.59 Å². The fourth-order valence-corrected chi connectivity index (χ4v) is 2.40. The third-order valence-corrected chi connectivity index (χ3v) is 3.54. The number of piperazine rings is 1. The average Bonchev–Trinajstić information content (AvgIpc) is 2.62. The van der Waals surface area contributed by atoms with E-state index in [-0.39, 0.29) is 23.8 Å². The molecule has 5 nitrogen and oxygen atoms in total. The van der Waals surface area contributed by atoms with Crippen molar-refractivity contribution in [2.24, 2.45) is 5.41 Å². The molecule has 0 unspecified atom stereocenters. The predicted molar refractivity (Wildman–Crippen MR) is 64.4 cm³/mol. The van der Waals surface area contributed by atoms with Gasteiger partial charge >= 0.3 is 0 Å². The van der Waals surface area contributed by atoms with Gasteiger partial charge < -0.3 is 15.1 Å². The van der Waals surface area contributed by atoms with Crippen LogP contribution in [-0.2, 0) is 9.59 Å². The zero-order valence-corrected chi connectivity index (χ0v) is 10.7. The summed E-state index contributed by atoms with van der Waals surface area (Å²) >= 11 is 0. The smallest absolute Gasteiger partial charge is 0.242 e. The van der Waals surface area contributed by atoms with Crippen molar-refractivity contribution in [1.29, 1.82) is 0 Å². The molecule has 2 rings (SSSR count). The van der Waals surface area contributed by atoms with Crippen LogP contribution in [0.15, 0.2) is 0 Å². The molecule has 1 N–H and O–H groups in total. The van der Waals surface area contributed by atoms with Gasteiger partial charge in [0.2, 0.25) is 11.8 Å². The molecule has 2 saturated heterocycles. The van der Waals surface area contributed by atoms with Gasteiger partial charge in [-0.3, -0.25) is 9.59 Å². The van der Waals surface area contributed by atoms with Crippen molar-refractivity contribution in [3.63, 3.8) is 0 Å². The van der Waals surface area contributed by atoms with E-state index in [0.717, 1.165) is 26.1 Å². The molecule has 96 valence electrons. The van der Waals surface area contributed by atoms with Gasteiger partial charge in [-0.05, 0) is 11.8 Å². The van der Waals surface area contributed by atoms with Gasteiger partial charge in [-0.15, -0.1) is 0 Å². The van der Waals surface area contributed by atoms with Crippen molar-refractivity contribution in [2.75, 3.05) is 39.3 Å². The summed E-state index contributed by atoms with van der Waals surface area (Å²) < 4.78 is 0. The molecule has 2 heterocycles. The SMILES string of the molecule is CC1(C)CCN(C(=O)CN2CCNCC2=O)C1. The van der Waals surface area contributed by atoms with Crippen LogP contribution in [0.4, 0.5) is 0 Å². The number of carbonyl (C=O) groups is 2. The van der Waals surface area contributed by atoms with Gasteiger partial charge in [-0.2, -0.15) is 0 Å². The highest BCUT2D eigenvalue weighted by Gasteiger charge is 2.33. The molecule has 0 aromatic carbocycles. The molecule has 5 heteroatoms. The second-order valence-electron chi connectivity index (χ2n) is 5.72. The average molecular weight is 239 g/mol. The van der Waals surface area contributed by atoms with Crippen LogP contribution in [0.1, 0.15) is 20.3 Å². The summed E-state index contributed by atoms with van der Waals surface area (Å²) in [5.74, 6) is 0.119. The van der Waals surface area contributed by atoms with Crippen LogP contribution in [0, 0.1) is 5.41 Å². The Morgan fingerprint density at radius 3 is 2.76 bits per heavy atom. The minimum absolute atomic E-state index is 0.0306. The minimum atomic E-state index is 0.0306. The summed E-state index contributed by atoms with van der Waals surface area (Å²) in [6.07, 6.45) is 1.05. The third kappa shape index (κ3) is 2.97. The quantitative estimate of drug-likeness (QED) is 0.718. The Morgan fingerprint density at radius 2 is 2.18 bits per heavy atom. The second-order valence-corrected chi connectivity index (χ2v) is 5.72. The number of nitrogens with zero attached hydrogens (tertiary/aromatic N) is 2. The van der Waals surface area contributed by atoms with Crippen molar-refractivity contribution in [3.05, 3.63) is 0 Å². The molecule has 0 radical (unpaired) electrons. The highest BCUT2D eigenvalue weighted by atomic mass is 16.2. The molecule has 2 amide bonds. The first-order valence-corrected chi connectivity index (χ1v) is 6.24. The zero-order chi connectivity index (χ0) is 12.5. The summed E-state index contributed by atoms with van der Waals surface area (Å²) in [4.78, 5) is 27.2. The number of carbonyl (C=O) groups excluding carboxylic acids is 2. The molecule has 2 fully saturated rings. The fraction of sp³-hybridized carbons (Fsp3) is 0.833. The first-order valence-electron chi connectivity index (χ1n) is 6.24. The maximum Gasteiger partial charge on any atom is 0.242 e. The lowest BCUT2D eigenvalue weighted by molar-refractivity contribution is -0.140. The lowest BCUT2D eigenvalue weighted by Gasteiger charge is -2.29. The number of hydrogen-bond donors (Lipinski definition) is 1. The maximum absolute atomic E-state index is 12.1. The molecule has 0 bridgehead atoms. The van der Waals surface area contributed by atoms with E-state index < -0.39 is 0 Å². The van der Waals surface area contributed by atoms with Crippen molar-refractivity contribution in [1.82, 2.24) is 15.1 Å². The monoisotopic (exact) mass is 239 g/mol. The van der Waals surface area contributed by atoms with E-state index in [1.54, 1.807) is 4.90 Å². The largest absolute Gasteiger partial charge is 0.341 e. The van der Waals surface area contributed by atoms with Crippen LogP contribution in [0.25, 0.3) is 0 Å². The predicted octanol–water partition coefficient (Wildman–Crippen LogP) is -0.323. The summed E-state index contributed by atoms with van der Waals surface area (Å²) in [6, 6.07) is 0. The van der Waals surface area contributed by atoms with Gasteiger partial charge in [0.25, 0.3) is 0 Å². The van der Waals surface area contributed by atoms with Crippen LogP contribution in [0.3, 0.4) is 0 Å². The van der Waals surface area contributed by atoms with Gasteiger partial charge in [0.1, 0.15) is 0 Å². The van der Waals surface area contributed by atoms with Gasteiger partial charge in [-0.1, -0.05) is 13.8 Å². The molecule has 0 aliphatic carbocycles. The number of amides is 2. The molecule has 2 aliphatic heterocycles. The van der Waals surface area contributed by atoms with E-state index in [2.05, 4.69) is 19.2 Å². The highest BCUT2D eigenvalue weighted by molar-refractivity contribution is 5.86. The lowest BCUT2D eigenvalue weighted by atomic mass is 9.93. The Hall–Kier alpha value is -1.10. The summed E-state index contributed by atoms with van der Waals surface area (Å²) in [5, 5.41) is 3.00. The van der Waals surface area contributed by atoms with Crippen molar-refractivity contribution in [2.45, 2.75) is 20.3 Å². The molecular formula is C12H21N3O2. The summed E-state index contributed by atoms with van der Waals surface area (Å²) in [6.45, 7) is 8.02. The summed E-state index contributed by atoms with van der Waals surface area (Å²) in [7, 11) is 0. The van der Waals surface area contributed by atoms with Crippen molar-refractivity contribution < 1.29 is 9.59 Å². The van der Waals surface area contributed by atoms with Crippen LogP contribution < -0.4 is 5.32 Å². The Kier molecular flexibility index (Phi) is 3.38. The maximum atomic E-state index is 12.1. The van der Waals surface area contributed by atoms with Crippen LogP contribution in [0.2, 0.25) is 0 Å². The van der Waals surface area contributed by atoms with E-state index in [4.69, 9.17) is 0 Å². The first-order chi connectivity index (χ1) is 7.98. The topological polar surface area (TPSA) is 52.7 Å². The molecule has 0 saturated carbocycles. The highest BCUT2D eigenvalue weighted by Crippen LogP contribution is 2.28. The summed E-state index contributed by atoms with van der Waals surface area (Å²) in [5.41, 5.74) is 0.225. The Labute approximate surface area is 102 Å². The molecule has 2 aliphatic rings. The number of nitrogens with one attached hydrogen (secondary N) is 1. The standard InChI is InChI=1S/C12H21N3O2/c1-12(2)3-5-15(9-12)11(17)8-14-6-4-13-7-10(14)16/h13H,3-9H2,1-2H3. The van der Waals surface area contributed by atoms with Crippen LogP contribution in [-0.4, -0.2) is 60.9 Å². The number of hydrogen-bond acceptors (Lipinski definition) is 3. The van der Waals surface area contributed by atoms with E-state index in [0.29, 0.717) is 13.1 Å². The van der Waals surface area contributed by atoms with Gasteiger partial charge in [0, 0.05) is 26.2 Å². The van der Waals surface area contributed by atoms with E-state index >= 15 is 0 Å². The van der Waals surface area contributed by atoms with Gasteiger partial charge in [0.15, 0.2) is 0 Å². The first kappa shape index (κ1) is 12.4. The second kappa shape index (κ2) is 4.64. The Balaban J connectivity index is 1.87. The van der Waals surface area contributed by atoms with Crippen LogP contribution in [0.5, 0.6) is 0 Å². The minimum Gasteiger partial charge on any atom is -0.341 e. The molecule has 0 aromatic rings. The lowest BCUT2D eigenvalue weighted by Crippen LogP contribution is -2.51. The fourth-order valence-electron chi connectivity index (χ4n) is 2.40. The molecular weight excluding hydrogens is 218 g/mol. The van der Waals surface area contributed by atoms with Crippen molar-refractivity contribution in [3.8, 4) is 0 Å². The van der Waals surface area contributed by atoms with Gasteiger partial charge in [0.05, 0.1) is 13.1 Å². The number of rotatable bonds is 2.